The summed E-state index contributed by atoms with van der Waals surface area (Å²) in [5.41, 5.74) is 3.39. The first-order chi connectivity index (χ1) is 9.56. The van der Waals surface area contributed by atoms with Crippen molar-refractivity contribution in [3.05, 3.63) is 64.2 Å². The van der Waals surface area contributed by atoms with Gasteiger partial charge in [0.15, 0.2) is 0 Å². The van der Waals surface area contributed by atoms with Crippen molar-refractivity contribution in [2.24, 2.45) is 0 Å². The van der Waals surface area contributed by atoms with Crippen molar-refractivity contribution in [2.75, 3.05) is 11.9 Å². The fourth-order valence-electron chi connectivity index (χ4n) is 2.53. The molecule has 1 aliphatic heterocycles. The number of carbonyl (C=O) groups is 1. The molecule has 0 saturated heterocycles. The van der Waals surface area contributed by atoms with Gasteiger partial charge in [-0.2, -0.15) is 0 Å². The molecule has 20 heavy (non-hydrogen) atoms. The lowest BCUT2D eigenvalue weighted by Gasteiger charge is -2.14. The van der Waals surface area contributed by atoms with Gasteiger partial charge >= 0.3 is 0 Å². The van der Waals surface area contributed by atoms with E-state index in [4.69, 9.17) is 11.6 Å². The monoisotopic (exact) mass is 287 g/mol. The molecule has 0 aliphatic carbocycles. The minimum Gasteiger partial charge on any atom is -0.384 e. The van der Waals surface area contributed by atoms with E-state index < -0.39 is 6.10 Å². The summed E-state index contributed by atoms with van der Waals surface area (Å²) in [6.07, 6.45) is -0.345. The lowest BCUT2D eigenvalue weighted by atomic mass is 9.99. The summed E-state index contributed by atoms with van der Waals surface area (Å²) in [6, 6.07) is 12.8. The van der Waals surface area contributed by atoms with Gasteiger partial charge in [0.25, 0.3) is 0 Å². The highest BCUT2D eigenvalue weighted by molar-refractivity contribution is 6.30. The topological polar surface area (TPSA) is 40.5 Å². The fraction of sp³-hybridized carbons (Fsp3) is 0.188. The summed E-state index contributed by atoms with van der Waals surface area (Å²) in [5, 5.41) is 11.0. The second-order valence-corrected chi connectivity index (χ2v) is 5.41. The number of carbonyl (C=O) groups excluding carboxylic acids is 1. The van der Waals surface area contributed by atoms with Gasteiger partial charge in [0.1, 0.15) is 6.10 Å². The number of aliphatic hydroxyl groups is 1. The van der Waals surface area contributed by atoms with Crippen LogP contribution in [0.25, 0.3) is 0 Å². The van der Waals surface area contributed by atoms with Crippen LogP contribution in [0.5, 0.6) is 0 Å². The zero-order chi connectivity index (χ0) is 14.3. The Kier molecular flexibility index (Phi) is 3.24. The van der Waals surface area contributed by atoms with Gasteiger partial charge in [-0.25, -0.2) is 0 Å². The fourth-order valence-corrected chi connectivity index (χ4v) is 2.73. The van der Waals surface area contributed by atoms with Crippen molar-refractivity contribution in [1.29, 1.82) is 0 Å². The second kappa shape index (κ2) is 4.93. The number of nitrogens with zero attached hydrogens (tertiary/aromatic N) is 1. The molecule has 0 bridgehead atoms. The van der Waals surface area contributed by atoms with Gasteiger partial charge in [0, 0.05) is 17.8 Å². The number of halogens is 1. The summed E-state index contributed by atoms with van der Waals surface area (Å²) in [5.74, 6) is 0.0781. The largest absolute Gasteiger partial charge is 0.384 e. The molecule has 0 radical (unpaired) electrons. The van der Waals surface area contributed by atoms with Crippen LogP contribution in [0.1, 0.15) is 22.8 Å². The Morgan fingerprint density at radius 3 is 2.70 bits per heavy atom. The van der Waals surface area contributed by atoms with E-state index in [0.29, 0.717) is 11.4 Å². The molecule has 1 heterocycles. The van der Waals surface area contributed by atoms with Gasteiger partial charge in [0.05, 0.1) is 6.42 Å². The smallest absolute Gasteiger partial charge is 0.231 e. The first kappa shape index (κ1) is 13.2. The van der Waals surface area contributed by atoms with Crippen LogP contribution < -0.4 is 4.90 Å². The standard InChI is InChI=1S/C16H14ClNO2/c1-18-14-6-5-11(7-12(14)9-15(18)19)16(20)10-3-2-4-13(17)8-10/h2-8,16,20H,9H2,1H3. The van der Waals surface area contributed by atoms with E-state index in [1.165, 1.54) is 0 Å². The van der Waals surface area contributed by atoms with E-state index in [2.05, 4.69) is 0 Å². The van der Waals surface area contributed by atoms with Crippen LogP contribution >= 0.6 is 11.6 Å². The summed E-state index contributed by atoms with van der Waals surface area (Å²) in [4.78, 5) is 13.3. The van der Waals surface area contributed by atoms with Gasteiger partial charge in [-0.1, -0.05) is 35.9 Å². The van der Waals surface area contributed by atoms with Crippen molar-refractivity contribution < 1.29 is 9.90 Å². The number of benzene rings is 2. The van der Waals surface area contributed by atoms with E-state index >= 15 is 0 Å². The molecular formula is C16H14ClNO2. The summed E-state index contributed by atoms with van der Waals surface area (Å²) < 4.78 is 0. The Morgan fingerprint density at radius 1 is 1.20 bits per heavy atom. The minimum atomic E-state index is -0.736. The normalized spacial score (nSPS) is 15.3. The zero-order valence-corrected chi connectivity index (χ0v) is 11.8. The Morgan fingerprint density at radius 2 is 1.95 bits per heavy atom. The van der Waals surface area contributed by atoms with Gasteiger partial charge < -0.3 is 10.0 Å². The lowest BCUT2D eigenvalue weighted by molar-refractivity contribution is -0.117. The highest BCUT2D eigenvalue weighted by atomic mass is 35.5. The SMILES string of the molecule is CN1C(=O)Cc2cc(C(O)c3cccc(Cl)c3)ccc21. The van der Waals surface area contributed by atoms with Crippen LogP contribution in [-0.4, -0.2) is 18.1 Å². The summed E-state index contributed by atoms with van der Waals surface area (Å²) in [7, 11) is 1.77. The van der Waals surface area contributed by atoms with E-state index in [1.54, 1.807) is 24.1 Å². The molecule has 1 N–H and O–H groups in total. The molecule has 2 aromatic rings. The third-order valence-corrected chi connectivity index (χ3v) is 3.90. The molecule has 0 fully saturated rings. The van der Waals surface area contributed by atoms with Crippen molar-refractivity contribution in [2.45, 2.75) is 12.5 Å². The maximum absolute atomic E-state index is 11.7. The molecule has 1 atom stereocenters. The van der Waals surface area contributed by atoms with Crippen molar-refractivity contribution in [1.82, 2.24) is 0 Å². The second-order valence-electron chi connectivity index (χ2n) is 4.98. The third-order valence-electron chi connectivity index (χ3n) is 3.66. The zero-order valence-electron chi connectivity index (χ0n) is 11.0. The number of amides is 1. The molecule has 3 rings (SSSR count). The van der Waals surface area contributed by atoms with Crippen LogP contribution in [0.3, 0.4) is 0 Å². The number of likely N-dealkylation sites (N-methyl/N-ethyl adjacent to an activating group) is 1. The van der Waals surface area contributed by atoms with Crippen LogP contribution in [-0.2, 0) is 11.2 Å². The number of rotatable bonds is 2. The molecule has 1 aliphatic rings. The quantitative estimate of drug-likeness (QED) is 0.922. The van der Waals surface area contributed by atoms with Gasteiger partial charge in [0.2, 0.25) is 5.91 Å². The van der Waals surface area contributed by atoms with Crippen LogP contribution in [0.4, 0.5) is 5.69 Å². The predicted octanol–water partition coefficient (Wildman–Crippen LogP) is 2.94. The van der Waals surface area contributed by atoms with Crippen molar-refractivity contribution in [3.8, 4) is 0 Å². The number of hydrogen-bond acceptors (Lipinski definition) is 2. The average molecular weight is 288 g/mol. The molecule has 0 aromatic heterocycles. The highest BCUT2D eigenvalue weighted by Gasteiger charge is 2.25. The van der Waals surface area contributed by atoms with Gasteiger partial charge in [-0.05, 0) is 34.9 Å². The van der Waals surface area contributed by atoms with Crippen LogP contribution in [0.15, 0.2) is 42.5 Å². The Labute approximate surface area is 122 Å². The Bertz CT molecular complexity index is 684. The van der Waals surface area contributed by atoms with Crippen molar-refractivity contribution >= 4 is 23.2 Å². The molecule has 0 spiro atoms. The first-order valence-electron chi connectivity index (χ1n) is 6.39. The van der Waals surface area contributed by atoms with E-state index in [9.17, 15) is 9.90 Å². The molecular weight excluding hydrogens is 274 g/mol. The van der Waals surface area contributed by atoms with E-state index in [1.807, 2.05) is 30.3 Å². The molecule has 1 unspecified atom stereocenters. The van der Waals surface area contributed by atoms with Crippen molar-refractivity contribution in [3.63, 3.8) is 0 Å². The number of hydrogen-bond donors (Lipinski definition) is 1. The van der Waals surface area contributed by atoms with Crippen LogP contribution in [0, 0.1) is 0 Å². The average Bonchev–Trinajstić information content (AvgIpc) is 2.73. The molecule has 2 aromatic carbocycles. The number of fused-ring (bicyclic) bond motifs is 1. The summed E-state index contributed by atoms with van der Waals surface area (Å²) >= 11 is 5.95. The maximum Gasteiger partial charge on any atom is 0.231 e. The maximum atomic E-state index is 11.7. The minimum absolute atomic E-state index is 0.0781. The van der Waals surface area contributed by atoms with E-state index in [-0.39, 0.29) is 5.91 Å². The number of aliphatic hydroxyl groups excluding tert-OH is 1. The Balaban J connectivity index is 1.96. The lowest BCUT2D eigenvalue weighted by Crippen LogP contribution is -2.20. The first-order valence-corrected chi connectivity index (χ1v) is 6.77. The molecule has 102 valence electrons. The molecule has 3 nitrogen and oxygen atoms in total. The van der Waals surface area contributed by atoms with Gasteiger partial charge in [-0.3, -0.25) is 4.79 Å². The summed E-state index contributed by atoms with van der Waals surface area (Å²) in [6.45, 7) is 0. The van der Waals surface area contributed by atoms with E-state index in [0.717, 1.165) is 22.4 Å². The molecule has 0 saturated carbocycles. The predicted molar refractivity (Wildman–Crippen MR) is 79.1 cm³/mol. The van der Waals surface area contributed by atoms with Crippen LogP contribution in [0.2, 0.25) is 5.02 Å². The molecule has 4 heteroatoms. The molecule has 1 amide bonds. The third kappa shape index (κ3) is 2.19. The van der Waals surface area contributed by atoms with Gasteiger partial charge in [-0.15, -0.1) is 0 Å². The Hall–Kier alpha value is -1.84. The number of anilines is 1. The highest BCUT2D eigenvalue weighted by Crippen LogP contribution is 2.32.